The van der Waals surface area contributed by atoms with E-state index in [0.29, 0.717) is 5.76 Å². The van der Waals surface area contributed by atoms with Crippen LogP contribution in [0, 0.1) is 0 Å². The summed E-state index contributed by atoms with van der Waals surface area (Å²) in [6.07, 6.45) is 6.43. The van der Waals surface area contributed by atoms with Crippen LogP contribution < -0.4 is 11.3 Å². The fraction of sp³-hybridized carbons (Fsp3) is 0.111. The van der Waals surface area contributed by atoms with Crippen molar-refractivity contribution in [1.82, 2.24) is 15.4 Å². The highest BCUT2D eigenvalue weighted by molar-refractivity contribution is 9.10. The summed E-state index contributed by atoms with van der Waals surface area (Å²) in [5, 5.41) is 0. The number of hydrazine groups is 1. The molecule has 0 aromatic carbocycles. The van der Waals surface area contributed by atoms with E-state index in [1.54, 1.807) is 18.7 Å². The predicted molar refractivity (Wildman–Crippen MR) is 57.6 cm³/mol. The highest BCUT2D eigenvalue weighted by atomic mass is 79.9. The molecule has 0 saturated heterocycles. The largest absolute Gasteiger partial charge is 0.466 e. The van der Waals surface area contributed by atoms with E-state index in [4.69, 9.17) is 10.3 Å². The molecule has 5 nitrogen and oxygen atoms in total. The molecule has 2 heterocycles. The van der Waals surface area contributed by atoms with Crippen molar-refractivity contribution in [1.29, 1.82) is 0 Å². The van der Waals surface area contributed by atoms with E-state index in [2.05, 4.69) is 31.3 Å². The Bertz CT molecular complexity index is 431. The standard InChI is InChI=1S/C9H9BrN4O/c10-7-1-2-15-9(7)8(14-11)6-3-12-5-13-4-6/h1-5,8,14H,11H2. The number of nitrogens with one attached hydrogen (secondary N) is 1. The highest BCUT2D eigenvalue weighted by Crippen LogP contribution is 2.28. The molecule has 0 bridgehead atoms. The van der Waals surface area contributed by atoms with Crippen LogP contribution in [0.1, 0.15) is 17.4 Å². The van der Waals surface area contributed by atoms with Gasteiger partial charge in [-0.15, -0.1) is 0 Å². The van der Waals surface area contributed by atoms with Crippen LogP contribution in [0.3, 0.4) is 0 Å². The number of rotatable bonds is 3. The summed E-state index contributed by atoms with van der Waals surface area (Å²) >= 11 is 3.37. The van der Waals surface area contributed by atoms with E-state index in [0.717, 1.165) is 10.0 Å². The van der Waals surface area contributed by atoms with Gasteiger partial charge in [0.1, 0.15) is 18.1 Å². The fourth-order valence-electron chi connectivity index (χ4n) is 1.29. The molecule has 1 unspecified atom stereocenters. The van der Waals surface area contributed by atoms with Gasteiger partial charge in [0, 0.05) is 18.0 Å². The predicted octanol–water partition coefficient (Wildman–Crippen LogP) is 1.38. The monoisotopic (exact) mass is 268 g/mol. The van der Waals surface area contributed by atoms with Gasteiger partial charge >= 0.3 is 0 Å². The van der Waals surface area contributed by atoms with Crippen LogP contribution in [0.4, 0.5) is 0 Å². The molecule has 2 aromatic rings. The first-order valence-corrected chi connectivity index (χ1v) is 5.06. The summed E-state index contributed by atoms with van der Waals surface area (Å²) in [6, 6.07) is 1.55. The first-order valence-electron chi connectivity index (χ1n) is 4.27. The number of hydrogen-bond acceptors (Lipinski definition) is 5. The van der Waals surface area contributed by atoms with Crippen LogP contribution in [0.15, 0.2) is 39.9 Å². The summed E-state index contributed by atoms with van der Waals surface area (Å²) in [6.45, 7) is 0. The van der Waals surface area contributed by atoms with Gasteiger partial charge in [-0.1, -0.05) is 0 Å². The molecule has 0 aliphatic rings. The van der Waals surface area contributed by atoms with Gasteiger partial charge < -0.3 is 4.42 Å². The van der Waals surface area contributed by atoms with Crippen molar-refractivity contribution in [3.8, 4) is 0 Å². The first-order chi connectivity index (χ1) is 7.33. The van der Waals surface area contributed by atoms with Gasteiger partial charge in [0.05, 0.1) is 10.7 Å². The Kier molecular flexibility index (Phi) is 3.10. The van der Waals surface area contributed by atoms with Crippen LogP contribution >= 0.6 is 15.9 Å². The van der Waals surface area contributed by atoms with Crippen molar-refractivity contribution in [3.63, 3.8) is 0 Å². The van der Waals surface area contributed by atoms with Gasteiger partial charge in [-0.05, 0) is 22.0 Å². The van der Waals surface area contributed by atoms with Crippen molar-refractivity contribution in [2.75, 3.05) is 0 Å². The third-order valence-corrected chi connectivity index (χ3v) is 2.64. The lowest BCUT2D eigenvalue weighted by Gasteiger charge is -2.13. The van der Waals surface area contributed by atoms with Crippen LogP contribution in [0.5, 0.6) is 0 Å². The van der Waals surface area contributed by atoms with Crippen molar-refractivity contribution in [2.45, 2.75) is 6.04 Å². The van der Waals surface area contributed by atoms with E-state index < -0.39 is 0 Å². The number of furan rings is 1. The van der Waals surface area contributed by atoms with Gasteiger partial charge in [-0.25, -0.2) is 15.4 Å². The quantitative estimate of drug-likeness (QED) is 0.650. The van der Waals surface area contributed by atoms with Crippen molar-refractivity contribution in [3.05, 3.63) is 46.8 Å². The zero-order valence-electron chi connectivity index (χ0n) is 7.72. The van der Waals surface area contributed by atoms with E-state index in [9.17, 15) is 0 Å². The average molecular weight is 269 g/mol. The summed E-state index contributed by atoms with van der Waals surface area (Å²) < 4.78 is 6.18. The Morgan fingerprint density at radius 2 is 2.13 bits per heavy atom. The molecule has 6 heteroatoms. The fourth-order valence-corrected chi connectivity index (χ4v) is 1.72. The second kappa shape index (κ2) is 4.52. The molecule has 0 saturated carbocycles. The number of hydrogen-bond donors (Lipinski definition) is 2. The molecule has 0 amide bonds. The first kappa shape index (κ1) is 10.3. The molecule has 0 spiro atoms. The number of halogens is 1. The summed E-state index contributed by atoms with van der Waals surface area (Å²) in [7, 11) is 0. The maximum Gasteiger partial charge on any atom is 0.140 e. The second-order valence-corrected chi connectivity index (χ2v) is 3.76. The van der Waals surface area contributed by atoms with Crippen LogP contribution in [0.2, 0.25) is 0 Å². The Morgan fingerprint density at radius 1 is 1.40 bits per heavy atom. The van der Waals surface area contributed by atoms with Crippen molar-refractivity contribution < 1.29 is 4.42 Å². The minimum Gasteiger partial charge on any atom is -0.466 e. The minimum atomic E-state index is -0.254. The lowest BCUT2D eigenvalue weighted by atomic mass is 10.1. The minimum absolute atomic E-state index is 0.254. The van der Waals surface area contributed by atoms with E-state index in [1.807, 2.05) is 6.07 Å². The average Bonchev–Trinajstić information content (AvgIpc) is 2.68. The smallest absolute Gasteiger partial charge is 0.140 e. The van der Waals surface area contributed by atoms with Crippen LogP contribution in [-0.2, 0) is 0 Å². The molecule has 0 aliphatic heterocycles. The molecule has 2 rings (SSSR count). The third-order valence-electron chi connectivity index (χ3n) is 1.99. The molecule has 1 atom stereocenters. The third kappa shape index (κ3) is 2.06. The molecule has 0 fully saturated rings. The van der Waals surface area contributed by atoms with Crippen molar-refractivity contribution >= 4 is 15.9 Å². The molecular formula is C9H9BrN4O. The maximum atomic E-state index is 5.48. The molecular weight excluding hydrogens is 260 g/mol. The van der Waals surface area contributed by atoms with E-state index in [-0.39, 0.29) is 6.04 Å². The van der Waals surface area contributed by atoms with Crippen molar-refractivity contribution in [2.24, 2.45) is 5.84 Å². The molecule has 15 heavy (non-hydrogen) atoms. The van der Waals surface area contributed by atoms with Gasteiger partial charge in [-0.3, -0.25) is 5.84 Å². The SMILES string of the molecule is NNC(c1cncnc1)c1occc1Br. The molecule has 0 radical (unpaired) electrons. The zero-order chi connectivity index (χ0) is 10.7. The normalized spacial score (nSPS) is 12.7. The Labute approximate surface area is 94.8 Å². The Morgan fingerprint density at radius 3 is 2.67 bits per heavy atom. The highest BCUT2D eigenvalue weighted by Gasteiger charge is 2.18. The van der Waals surface area contributed by atoms with Crippen LogP contribution in [0.25, 0.3) is 0 Å². The Balaban J connectivity index is 2.37. The van der Waals surface area contributed by atoms with E-state index >= 15 is 0 Å². The van der Waals surface area contributed by atoms with Gasteiger partial charge in [0.15, 0.2) is 0 Å². The molecule has 78 valence electrons. The lowest BCUT2D eigenvalue weighted by Crippen LogP contribution is -2.28. The summed E-state index contributed by atoms with van der Waals surface area (Å²) in [5.74, 6) is 6.18. The lowest BCUT2D eigenvalue weighted by molar-refractivity contribution is 0.448. The summed E-state index contributed by atoms with van der Waals surface area (Å²) in [4.78, 5) is 7.86. The van der Waals surface area contributed by atoms with Gasteiger partial charge in [-0.2, -0.15) is 0 Å². The number of nitrogens with two attached hydrogens (primary N) is 1. The van der Waals surface area contributed by atoms with Gasteiger partial charge in [0.25, 0.3) is 0 Å². The van der Waals surface area contributed by atoms with Gasteiger partial charge in [0.2, 0.25) is 0 Å². The number of aromatic nitrogens is 2. The maximum absolute atomic E-state index is 5.48. The molecule has 3 N–H and O–H groups in total. The Hall–Kier alpha value is -1.24. The molecule has 2 aromatic heterocycles. The zero-order valence-corrected chi connectivity index (χ0v) is 9.31. The topological polar surface area (TPSA) is 77.0 Å². The molecule has 0 aliphatic carbocycles. The summed E-state index contributed by atoms with van der Waals surface area (Å²) in [5.41, 5.74) is 3.50. The van der Waals surface area contributed by atoms with Crippen LogP contribution in [-0.4, -0.2) is 9.97 Å². The van der Waals surface area contributed by atoms with E-state index in [1.165, 1.54) is 6.33 Å². The second-order valence-electron chi connectivity index (χ2n) is 2.90. The number of nitrogens with zero attached hydrogens (tertiary/aromatic N) is 2.